The zero-order valence-corrected chi connectivity index (χ0v) is 11.7. The summed E-state index contributed by atoms with van der Waals surface area (Å²) in [6, 6.07) is 6.50. The molecule has 0 aliphatic rings. The van der Waals surface area contributed by atoms with E-state index >= 15 is 0 Å². The van der Waals surface area contributed by atoms with E-state index < -0.39 is 5.97 Å². The smallest absolute Gasteiger partial charge is 0.335 e. The highest BCUT2D eigenvalue weighted by molar-refractivity contribution is 7.13. The van der Waals surface area contributed by atoms with Gasteiger partial charge in [-0.3, -0.25) is 4.79 Å². The second-order valence-electron chi connectivity index (χ2n) is 4.16. The monoisotopic (exact) mass is 290 g/mol. The quantitative estimate of drug-likeness (QED) is 0.885. The number of carbonyl (C=O) groups excluding carboxylic acids is 1. The van der Waals surface area contributed by atoms with Crippen LogP contribution >= 0.6 is 11.3 Å². The van der Waals surface area contributed by atoms with Gasteiger partial charge in [0.05, 0.1) is 16.8 Å². The van der Waals surface area contributed by atoms with Crippen LogP contribution < -0.4 is 5.32 Å². The van der Waals surface area contributed by atoms with Gasteiger partial charge in [-0.2, -0.15) is 0 Å². The van der Waals surface area contributed by atoms with Crippen LogP contribution in [0.4, 0.5) is 0 Å². The highest BCUT2D eigenvalue weighted by Crippen LogP contribution is 2.13. The Morgan fingerprint density at radius 3 is 2.85 bits per heavy atom. The summed E-state index contributed by atoms with van der Waals surface area (Å²) in [4.78, 5) is 27.5. The molecule has 5 nitrogen and oxygen atoms in total. The van der Waals surface area contributed by atoms with E-state index in [4.69, 9.17) is 5.11 Å². The molecular weight excluding hydrogens is 276 g/mol. The molecule has 1 aromatic carbocycles. The summed E-state index contributed by atoms with van der Waals surface area (Å²) < 4.78 is 0. The third kappa shape index (κ3) is 3.42. The molecule has 0 aliphatic carbocycles. The largest absolute Gasteiger partial charge is 0.478 e. The van der Waals surface area contributed by atoms with Gasteiger partial charge in [0.25, 0.3) is 5.91 Å². The molecular formula is C14H14N2O3S. The molecule has 1 heterocycles. The number of hydrogen-bond acceptors (Lipinski definition) is 4. The Morgan fingerprint density at radius 1 is 1.40 bits per heavy atom. The molecule has 20 heavy (non-hydrogen) atoms. The molecule has 2 N–H and O–H groups in total. The highest BCUT2D eigenvalue weighted by Gasteiger charge is 2.10. The first-order chi connectivity index (χ1) is 9.60. The fourth-order valence-electron chi connectivity index (χ4n) is 1.66. The van der Waals surface area contributed by atoms with Gasteiger partial charge in [-0.1, -0.05) is 19.1 Å². The zero-order valence-electron chi connectivity index (χ0n) is 10.9. The van der Waals surface area contributed by atoms with E-state index in [1.165, 1.54) is 17.4 Å². The molecule has 1 amide bonds. The van der Waals surface area contributed by atoms with Gasteiger partial charge in [-0.05, 0) is 24.1 Å². The number of amides is 1. The molecule has 0 fully saturated rings. The lowest BCUT2D eigenvalue weighted by Gasteiger charge is -2.04. The van der Waals surface area contributed by atoms with Crippen LogP contribution in [0.3, 0.4) is 0 Å². The number of nitrogens with zero attached hydrogens (tertiary/aromatic N) is 1. The average molecular weight is 290 g/mol. The molecule has 0 spiro atoms. The van der Waals surface area contributed by atoms with E-state index in [0.29, 0.717) is 11.4 Å². The molecule has 104 valence electrons. The number of aryl methyl sites for hydroxylation is 1. The standard InChI is InChI=1S/C14H14N2O3S/c1-2-12-15-8-11(20-12)13(17)16-7-9-4-3-5-10(6-9)14(18)19/h3-6,8H,2,7H2,1H3,(H,16,17)(H,18,19). The van der Waals surface area contributed by atoms with Gasteiger partial charge in [0.15, 0.2) is 0 Å². The summed E-state index contributed by atoms with van der Waals surface area (Å²) in [6.45, 7) is 2.28. The Hall–Kier alpha value is -2.21. The number of nitrogens with one attached hydrogen (secondary N) is 1. The van der Waals surface area contributed by atoms with Crippen molar-refractivity contribution >= 4 is 23.2 Å². The molecule has 0 bridgehead atoms. The summed E-state index contributed by atoms with van der Waals surface area (Å²) in [5, 5.41) is 12.6. The van der Waals surface area contributed by atoms with E-state index in [1.807, 2.05) is 6.92 Å². The van der Waals surface area contributed by atoms with Gasteiger partial charge in [0.2, 0.25) is 0 Å². The molecule has 0 saturated heterocycles. The lowest BCUT2D eigenvalue weighted by atomic mass is 10.1. The summed E-state index contributed by atoms with van der Waals surface area (Å²) in [7, 11) is 0. The Morgan fingerprint density at radius 2 is 2.20 bits per heavy atom. The molecule has 0 unspecified atom stereocenters. The van der Waals surface area contributed by atoms with Crippen molar-refractivity contribution in [2.75, 3.05) is 0 Å². The number of carbonyl (C=O) groups is 2. The lowest BCUT2D eigenvalue weighted by molar-refractivity contribution is 0.0696. The Bertz CT molecular complexity index is 637. The van der Waals surface area contributed by atoms with Crippen LogP contribution in [0.25, 0.3) is 0 Å². The van der Waals surface area contributed by atoms with E-state index in [1.54, 1.807) is 24.4 Å². The summed E-state index contributed by atoms with van der Waals surface area (Å²) in [5.41, 5.74) is 0.960. The third-order valence-corrected chi connectivity index (χ3v) is 3.85. The van der Waals surface area contributed by atoms with E-state index in [9.17, 15) is 9.59 Å². The molecule has 0 saturated carbocycles. The van der Waals surface area contributed by atoms with Crippen molar-refractivity contribution < 1.29 is 14.7 Å². The number of rotatable bonds is 5. The van der Waals surface area contributed by atoms with E-state index in [2.05, 4.69) is 10.3 Å². The molecule has 2 aromatic rings. The van der Waals surface area contributed by atoms with Gasteiger partial charge in [-0.15, -0.1) is 11.3 Å². The predicted octanol–water partition coefficient (Wildman–Crippen LogP) is 2.33. The maximum atomic E-state index is 11.9. The van der Waals surface area contributed by atoms with E-state index in [0.717, 1.165) is 17.0 Å². The second-order valence-corrected chi connectivity index (χ2v) is 5.28. The van der Waals surface area contributed by atoms with Gasteiger partial charge in [0.1, 0.15) is 4.88 Å². The topological polar surface area (TPSA) is 79.3 Å². The van der Waals surface area contributed by atoms with E-state index in [-0.39, 0.29) is 11.5 Å². The minimum Gasteiger partial charge on any atom is -0.478 e. The highest BCUT2D eigenvalue weighted by atomic mass is 32.1. The van der Waals surface area contributed by atoms with Crippen molar-refractivity contribution in [1.29, 1.82) is 0 Å². The van der Waals surface area contributed by atoms with Gasteiger partial charge in [-0.25, -0.2) is 9.78 Å². The molecule has 0 aliphatic heterocycles. The van der Waals surface area contributed by atoms with Crippen molar-refractivity contribution in [2.45, 2.75) is 19.9 Å². The minimum atomic E-state index is -0.978. The average Bonchev–Trinajstić information content (AvgIpc) is 2.94. The van der Waals surface area contributed by atoms with Crippen molar-refractivity contribution in [2.24, 2.45) is 0 Å². The number of hydrogen-bond donors (Lipinski definition) is 2. The van der Waals surface area contributed by atoms with Gasteiger partial charge in [0, 0.05) is 6.54 Å². The van der Waals surface area contributed by atoms with Gasteiger partial charge < -0.3 is 10.4 Å². The fourth-order valence-corrected chi connectivity index (χ4v) is 2.44. The third-order valence-electron chi connectivity index (χ3n) is 2.71. The van der Waals surface area contributed by atoms with Gasteiger partial charge >= 0.3 is 5.97 Å². The Kier molecular flexibility index (Phi) is 4.47. The summed E-state index contributed by atoms with van der Waals surface area (Å²) in [6.07, 6.45) is 2.37. The molecule has 1 aromatic heterocycles. The van der Waals surface area contributed by atoms with Crippen LogP contribution in [0.2, 0.25) is 0 Å². The minimum absolute atomic E-state index is 0.192. The number of aromatic nitrogens is 1. The lowest BCUT2D eigenvalue weighted by Crippen LogP contribution is -2.21. The number of benzene rings is 1. The van der Waals surface area contributed by atoms with Crippen LogP contribution in [0.5, 0.6) is 0 Å². The number of carboxylic acids is 1. The maximum Gasteiger partial charge on any atom is 0.335 e. The van der Waals surface area contributed by atoms with Crippen molar-refractivity contribution in [3.8, 4) is 0 Å². The Balaban J connectivity index is 1.99. The van der Waals surface area contributed by atoms with Crippen molar-refractivity contribution in [3.05, 3.63) is 51.5 Å². The maximum absolute atomic E-state index is 11.9. The van der Waals surface area contributed by atoms with Crippen LogP contribution in [-0.2, 0) is 13.0 Å². The van der Waals surface area contributed by atoms with Crippen molar-refractivity contribution in [3.63, 3.8) is 0 Å². The van der Waals surface area contributed by atoms with Crippen LogP contribution in [0, 0.1) is 0 Å². The van der Waals surface area contributed by atoms with Crippen molar-refractivity contribution in [1.82, 2.24) is 10.3 Å². The van der Waals surface area contributed by atoms with Crippen LogP contribution in [0.1, 0.15) is 37.5 Å². The first-order valence-corrected chi connectivity index (χ1v) is 6.97. The molecule has 0 atom stereocenters. The predicted molar refractivity (Wildman–Crippen MR) is 76.1 cm³/mol. The first kappa shape index (κ1) is 14.2. The molecule has 0 radical (unpaired) electrons. The fraction of sp³-hybridized carbons (Fsp3) is 0.214. The zero-order chi connectivity index (χ0) is 14.5. The second kappa shape index (κ2) is 6.29. The van der Waals surface area contributed by atoms with Crippen LogP contribution in [0.15, 0.2) is 30.5 Å². The first-order valence-electron chi connectivity index (χ1n) is 6.15. The van der Waals surface area contributed by atoms with Crippen LogP contribution in [-0.4, -0.2) is 22.0 Å². The summed E-state index contributed by atoms with van der Waals surface area (Å²) in [5.74, 6) is -1.17. The number of carboxylic acid groups (broad SMARTS) is 1. The number of aromatic carboxylic acids is 1. The normalized spacial score (nSPS) is 10.2. The molecule has 6 heteroatoms. The Labute approximate surface area is 120 Å². The number of thiazole rings is 1. The molecule has 2 rings (SSSR count). The SMILES string of the molecule is CCc1ncc(C(=O)NCc2cccc(C(=O)O)c2)s1. The summed E-state index contributed by atoms with van der Waals surface area (Å²) >= 11 is 1.37.